The van der Waals surface area contributed by atoms with Crippen molar-refractivity contribution in [2.75, 3.05) is 19.6 Å². The van der Waals surface area contributed by atoms with Crippen LogP contribution < -0.4 is 10.6 Å². The quantitative estimate of drug-likeness (QED) is 0.584. The number of nitrogens with zero attached hydrogens (tertiary/aromatic N) is 2. The fourth-order valence-corrected chi connectivity index (χ4v) is 3.37. The van der Waals surface area contributed by atoms with Gasteiger partial charge in [-0.3, -0.25) is 9.89 Å². The second-order valence-electron chi connectivity index (χ2n) is 7.13. The molecule has 2 aliphatic rings. The summed E-state index contributed by atoms with van der Waals surface area (Å²) in [6.07, 6.45) is 3.95. The molecule has 2 N–H and O–H groups in total. The molecular weight excluding hydrogens is 260 g/mol. The van der Waals surface area contributed by atoms with Crippen molar-refractivity contribution in [1.29, 1.82) is 0 Å². The summed E-state index contributed by atoms with van der Waals surface area (Å²) in [6.45, 7) is 14.5. The van der Waals surface area contributed by atoms with E-state index >= 15 is 0 Å². The molecule has 1 saturated heterocycles. The van der Waals surface area contributed by atoms with Crippen LogP contribution in [-0.2, 0) is 0 Å². The molecule has 1 aliphatic carbocycles. The smallest absolute Gasteiger partial charge is 0.191 e. The first kappa shape index (κ1) is 16.6. The molecule has 21 heavy (non-hydrogen) atoms. The van der Waals surface area contributed by atoms with E-state index in [1.807, 2.05) is 0 Å². The van der Waals surface area contributed by atoms with Crippen molar-refractivity contribution in [1.82, 2.24) is 15.5 Å². The van der Waals surface area contributed by atoms with Crippen molar-refractivity contribution in [2.24, 2.45) is 16.8 Å². The molecule has 4 heteroatoms. The maximum Gasteiger partial charge on any atom is 0.191 e. The van der Waals surface area contributed by atoms with Gasteiger partial charge in [0.15, 0.2) is 5.96 Å². The molecule has 1 heterocycles. The molecule has 0 aromatic rings. The number of nitrogens with one attached hydrogen (secondary N) is 2. The zero-order chi connectivity index (χ0) is 15.4. The predicted octanol–water partition coefficient (Wildman–Crippen LogP) is 2.46. The molecule has 4 atom stereocenters. The van der Waals surface area contributed by atoms with Gasteiger partial charge in [-0.05, 0) is 45.4 Å². The van der Waals surface area contributed by atoms with E-state index < -0.39 is 0 Å². The minimum atomic E-state index is 0.522. The topological polar surface area (TPSA) is 39.7 Å². The van der Waals surface area contributed by atoms with Crippen molar-refractivity contribution in [3.05, 3.63) is 0 Å². The van der Waals surface area contributed by atoms with Gasteiger partial charge in [0.2, 0.25) is 0 Å². The van der Waals surface area contributed by atoms with E-state index in [2.05, 4.69) is 55.1 Å². The maximum atomic E-state index is 4.64. The molecule has 122 valence electrons. The Kier molecular flexibility index (Phi) is 5.91. The third-order valence-electron chi connectivity index (χ3n) is 4.91. The Morgan fingerprint density at radius 3 is 2.48 bits per heavy atom. The summed E-state index contributed by atoms with van der Waals surface area (Å²) in [5.41, 5.74) is 0. The van der Waals surface area contributed by atoms with Gasteiger partial charge in [0, 0.05) is 37.8 Å². The SMILES string of the molecule is CCCC1CC1NC(=NCC)NC1CN(C(C)C)CC1C. The number of guanidine groups is 1. The first-order valence-electron chi connectivity index (χ1n) is 8.86. The van der Waals surface area contributed by atoms with E-state index in [0.29, 0.717) is 24.0 Å². The Bertz CT molecular complexity index is 353. The van der Waals surface area contributed by atoms with E-state index in [1.165, 1.54) is 25.8 Å². The third-order valence-corrected chi connectivity index (χ3v) is 4.91. The van der Waals surface area contributed by atoms with Crippen LogP contribution in [0.1, 0.15) is 53.9 Å². The fourth-order valence-electron chi connectivity index (χ4n) is 3.37. The number of rotatable bonds is 6. The minimum absolute atomic E-state index is 0.522. The zero-order valence-electron chi connectivity index (χ0n) is 14.5. The Balaban J connectivity index is 1.84. The highest BCUT2D eigenvalue weighted by atomic mass is 15.3. The molecule has 1 saturated carbocycles. The number of aliphatic imine (C=N–C) groups is 1. The number of hydrogen-bond acceptors (Lipinski definition) is 2. The van der Waals surface area contributed by atoms with E-state index in [-0.39, 0.29) is 0 Å². The van der Waals surface area contributed by atoms with Crippen LogP contribution in [0.15, 0.2) is 4.99 Å². The molecule has 0 bridgehead atoms. The van der Waals surface area contributed by atoms with Gasteiger partial charge in [0.25, 0.3) is 0 Å². The van der Waals surface area contributed by atoms with Crippen molar-refractivity contribution < 1.29 is 0 Å². The van der Waals surface area contributed by atoms with Gasteiger partial charge < -0.3 is 10.6 Å². The molecule has 2 fully saturated rings. The zero-order valence-corrected chi connectivity index (χ0v) is 14.5. The highest BCUT2D eigenvalue weighted by molar-refractivity contribution is 5.80. The van der Waals surface area contributed by atoms with Crippen molar-refractivity contribution in [2.45, 2.75) is 72.0 Å². The molecule has 4 nitrogen and oxygen atoms in total. The molecule has 0 aromatic heterocycles. The normalized spacial score (nSPS) is 33.5. The molecule has 0 aromatic carbocycles. The predicted molar refractivity (Wildman–Crippen MR) is 90.7 cm³/mol. The summed E-state index contributed by atoms with van der Waals surface area (Å²) in [6, 6.07) is 1.81. The lowest BCUT2D eigenvalue weighted by Crippen LogP contribution is -2.47. The van der Waals surface area contributed by atoms with Crippen molar-refractivity contribution in [3.63, 3.8) is 0 Å². The monoisotopic (exact) mass is 294 g/mol. The fraction of sp³-hybridized carbons (Fsp3) is 0.941. The first-order chi connectivity index (χ1) is 10.0. The number of hydrogen-bond donors (Lipinski definition) is 2. The van der Waals surface area contributed by atoms with Gasteiger partial charge >= 0.3 is 0 Å². The maximum absolute atomic E-state index is 4.64. The van der Waals surface area contributed by atoms with Gasteiger partial charge in [-0.15, -0.1) is 0 Å². The van der Waals surface area contributed by atoms with Gasteiger partial charge in [-0.2, -0.15) is 0 Å². The average molecular weight is 294 g/mol. The molecular formula is C17H34N4. The summed E-state index contributed by atoms with van der Waals surface area (Å²) >= 11 is 0. The van der Waals surface area contributed by atoms with Crippen LogP contribution in [0.4, 0.5) is 0 Å². The van der Waals surface area contributed by atoms with Gasteiger partial charge in [-0.25, -0.2) is 0 Å². The van der Waals surface area contributed by atoms with Gasteiger partial charge in [0.05, 0.1) is 0 Å². The lowest BCUT2D eigenvalue weighted by molar-refractivity contribution is 0.265. The average Bonchev–Trinajstić information content (AvgIpc) is 3.03. The highest BCUT2D eigenvalue weighted by Crippen LogP contribution is 2.34. The minimum Gasteiger partial charge on any atom is -0.353 e. The van der Waals surface area contributed by atoms with Crippen LogP contribution in [0, 0.1) is 11.8 Å². The molecule has 4 unspecified atom stereocenters. The van der Waals surface area contributed by atoms with E-state index in [1.54, 1.807) is 0 Å². The van der Waals surface area contributed by atoms with Crippen molar-refractivity contribution >= 4 is 5.96 Å². The Morgan fingerprint density at radius 2 is 1.90 bits per heavy atom. The summed E-state index contributed by atoms with van der Waals surface area (Å²) in [7, 11) is 0. The molecule has 0 amide bonds. The summed E-state index contributed by atoms with van der Waals surface area (Å²) < 4.78 is 0. The van der Waals surface area contributed by atoms with Crippen LogP contribution in [0.3, 0.4) is 0 Å². The molecule has 0 radical (unpaired) electrons. The molecule has 2 rings (SSSR count). The standard InChI is InChI=1S/C17H34N4/c1-6-8-14-9-15(14)19-17(18-7-2)20-16-11-21(12(3)4)10-13(16)5/h12-16H,6-11H2,1-5H3,(H2,18,19,20). The lowest BCUT2D eigenvalue weighted by atomic mass is 10.1. The Hall–Kier alpha value is -0.770. The van der Waals surface area contributed by atoms with Crippen LogP contribution in [0.2, 0.25) is 0 Å². The summed E-state index contributed by atoms with van der Waals surface area (Å²) in [5.74, 6) is 2.58. The van der Waals surface area contributed by atoms with Crippen LogP contribution in [0.5, 0.6) is 0 Å². The highest BCUT2D eigenvalue weighted by Gasteiger charge is 2.37. The summed E-state index contributed by atoms with van der Waals surface area (Å²) in [5, 5.41) is 7.32. The third kappa shape index (κ3) is 4.60. The first-order valence-corrected chi connectivity index (χ1v) is 8.86. The van der Waals surface area contributed by atoms with Gasteiger partial charge in [0.1, 0.15) is 0 Å². The Labute approximate surface area is 130 Å². The van der Waals surface area contributed by atoms with Crippen LogP contribution in [-0.4, -0.2) is 48.6 Å². The lowest BCUT2D eigenvalue weighted by Gasteiger charge is -2.22. The Morgan fingerprint density at radius 1 is 1.19 bits per heavy atom. The van der Waals surface area contributed by atoms with E-state index in [4.69, 9.17) is 0 Å². The second-order valence-corrected chi connectivity index (χ2v) is 7.13. The summed E-state index contributed by atoms with van der Waals surface area (Å²) in [4.78, 5) is 7.20. The molecule has 1 aliphatic heterocycles. The van der Waals surface area contributed by atoms with Crippen molar-refractivity contribution in [3.8, 4) is 0 Å². The van der Waals surface area contributed by atoms with Crippen LogP contribution >= 0.6 is 0 Å². The van der Waals surface area contributed by atoms with Crippen LogP contribution in [0.25, 0.3) is 0 Å². The van der Waals surface area contributed by atoms with E-state index in [9.17, 15) is 0 Å². The van der Waals surface area contributed by atoms with E-state index in [0.717, 1.165) is 25.0 Å². The second kappa shape index (κ2) is 7.48. The number of likely N-dealkylation sites (tertiary alicyclic amines) is 1. The van der Waals surface area contributed by atoms with Gasteiger partial charge in [-0.1, -0.05) is 20.3 Å². The largest absolute Gasteiger partial charge is 0.353 e. The molecule has 0 spiro atoms.